The second-order valence-electron chi connectivity index (χ2n) is 11.3. The second kappa shape index (κ2) is 6.56. The zero-order chi connectivity index (χ0) is 22.4. The Morgan fingerprint density at radius 1 is 1.20 bits per heavy atom. The number of carbonyl (C=O) groups is 1. The van der Waals surface area contributed by atoms with Crippen LogP contribution in [0, 0.1) is 39.9 Å². The van der Waals surface area contributed by atoms with Crippen molar-refractivity contribution in [3.05, 3.63) is 34.9 Å². The van der Waals surface area contributed by atoms with Gasteiger partial charge in [0.1, 0.15) is 6.10 Å². The van der Waals surface area contributed by atoms with Crippen molar-refractivity contribution in [2.45, 2.75) is 80.1 Å². The lowest BCUT2D eigenvalue weighted by Gasteiger charge is -2.53. The molecule has 0 amide bonds. The third kappa shape index (κ3) is 2.44. The summed E-state index contributed by atoms with van der Waals surface area (Å²) in [5, 5.41) is 23.6. The van der Waals surface area contributed by atoms with Crippen LogP contribution in [0.2, 0.25) is 0 Å². The Balaban J connectivity index is 1.88. The monoisotopic (exact) mass is 414 g/mol. The minimum atomic E-state index is -0.824. The van der Waals surface area contributed by atoms with Gasteiger partial charge in [-0.25, -0.2) is 4.79 Å². The zero-order valence-electron chi connectivity index (χ0n) is 19.7. The number of hydrogen-bond acceptors (Lipinski definition) is 4. The molecule has 0 radical (unpaired) electrons. The molecular formula is C26H38O4. The average molecular weight is 415 g/mol. The quantitative estimate of drug-likeness (QED) is 0.399. The lowest BCUT2D eigenvalue weighted by Crippen LogP contribution is -2.59. The van der Waals surface area contributed by atoms with E-state index in [-0.39, 0.29) is 23.2 Å². The largest absolute Gasteiger partial charge is 0.454 e. The predicted octanol–water partition coefficient (Wildman–Crippen LogP) is 4.43. The molecule has 2 saturated carbocycles. The van der Waals surface area contributed by atoms with E-state index in [0.717, 1.165) is 17.6 Å². The summed E-state index contributed by atoms with van der Waals surface area (Å²) in [7, 11) is 0. The first-order valence-corrected chi connectivity index (χ1v) is 11.4. The van der Waals surface area contributed by atoms with Crippen LogP contribution < -0.4 is 0 Å². The minimum absolute atomic E-state index is 0.00204. The highest BCUT2D eigenvalue weighted by Crippen LogP contribution is 2.74. The maximum atomic E-state index is 12.7. The van der Waals surface area contributed by atoms with E-state index in [1.165, 1.54) is 0 Å². The van der Waals surface area contributed by atoms with Crippen LogP contribution in [0.5, 0.6) is 0 Å². The van der Waals surface area contributed by atoms with E-state index >= 15 is 0 Å². The smallest absolute Gasteiger partial charge is 0.333 e. The summed E-state index contributed by atoms with van der Waals surface area (Å²) in [4.78, 5) is 12.7. The van der Waals surface area contributed by atoms with Crippen LogP contribution in [-0.2, 0) is 9.53 Å². The van der Waals surface area contributed by atoms with Gasteiger partial charge >= 0.3 is 5.97 Å². The molecule has 4 nitrogen and oxygen atoms in total. The normalized spacial score (nSPS) is 49.1. The van der Waals surface area contributed by atoms with Gasteiger partial charge in [0, 0.05) is 16.9 Å². The molecule has 4 heteroatoms. The fourth-order valence-corrected chi connectivity index (χ4v) is 7.74. The molecule has 4 aliphatic rings. The van der Waals surface area contributed by atoms with Crippen molar-refractivity contribution in [3.8, 4) is 0 Å². The molecule has 0 aromatic heterocycles. The molecule has 30 heavy (non-hydrogen) atoms. The summed E-state index contributed by atoms with van der Waals surface area (Å²) in [5.74, 6) is 0.785. The Labute approximate surface area is 181 Å². The molecule has 2 fully saturated rings. The zero-order valence-corrected chi connectivity index (χ0v) is 19.7. The fraction of sp³-hybridized carbons (Fsp3) is 0.731. The summed E-state index contributed by atoms with van der Waals surface area (Å²) in [5.41, 5.74) is 1.10. The highest BCUT2D eigenvalue weighted by atomic mass is 16.5. The summed E-state index contributed by atoms with van der Waals surface area (Å²) >= 11 is 0. The van der Waals surface area contributed by atoms with E-state index in [2.05, 4.69) is 32.9 Å². The van der Waals surface area contributed by atoms with Crippen LogP contribution in [0.25, 0.3) is 0 Å². The number of carbonyl (C=O) groups excluding carboxylic acids is 1. The summed E-state index contributed by atoms with van der Waals surface area (Å²) in [6, 6.07) is 0. The number of aliphatic hydroxyl groups excluding tert-OH is 2. The summed E-state index contributed by atoms with van der Waals surface area (Å²) in [6.07, 6.45) is 5.06. The first-order chi connectivity index (χ1) is 13.9. The second-order valence-corrected chi connectivity index (χ2v) is 11.3. The van der Waals surface area contributed by atoms with Crippen molar-refractivity contribution in [2.24, 2.45) is 39.9 Å². The lowest BCUT2D eigenvalue weighted by molar-refractivity contribution is -0.176. The Morgan fingerprint density at radius 3 is 2.43 bits per heavy atom. The number of esters is 1. The maximum Gasteiger partial charge on any atom is 0.333 e. The number of hydrogen-bond donors (Lipinski definition) is 2. The molecule has 0 heterocycles. The maximum absolute atomic E-state index is 12.7. The number of ether oxygens (including phenoxy) is 1. The van der Waals surface area contributed by atoms with Gasteiger partial charge in [-0.05, 0) is 68.4 Å². The fourth-order valence-electron chi connectivity index (χ4n) is 7.74. The Hall–Kier alpha value is -1.39. The summed E-state index contributed by atoms with van der Waals surface area (Å²) in [6.45, 7) is 16.4. The highest BCUT2D eigenvalue weighted by Gasteiger charge is 2.74. The summed E-state index contributed by atoms with van der Waals surface area (Å²) < 4.78 is 6.05. The predicted molar refractivity (Wildman–Crippen MR) is 117 cm³/mol. The number of fused-ring (bicyclic) bond motifs is 3. The van der Waals surface area contributed by atoms with Crippen molar-refractivity contribution in [1.29, 1.82) is 0 Å². The number of aliphatic hydroxyl groups is 2. The van der Waals surface area contributed by atoms with E-state index in [4.69, 9.17) is 4.74 Å². The molecular weight excluding hydrogens is 376 g/mol. The molecule has 4 rings (SSSR count). The van der Waals surface area contributed by atoms with Gasteiger partial charge in [0.15, 0.2) is 0 Å². The molecule has 1 spiro atoms. The Bertz CT molecular complexity index is 864. The minimum Gasteiger partial charge on any atom is -0.454 e. The van der Waals surface area contributed by atoms with Crippen LogP contribution in [0.4, 0.5) is 0 Å². The van der Waals surface area contributed by atoms with Gasteiger partial charge in [0.25, 0.3) is 0 Å². The Kier molecular flexibility index (Phi) is 4.77. The standard InChI is InChI=1S/C26H38O4/c1-9-13(2)23(29)30-22-15(4)12-26-16(5)11-18-19(24(18,6)7)17(21(26)28)10-14(3)20(27)25(22,26)8/h9-10,12,16-22,27-28H,11H2,1-8H3/b13-9-/t16-,17?,18-,19+,20-,21?,22?,25?,26+/m1/s1. The van der Waals surface area contributed by atoms with Crippen molar-refractivity contribution in [2.75, 3.05) is 0 Å². The van der Waals surface area contributed by atoms with Gasteiger partial charge in [0.05, 0.1) is 17.6 Å². The molecule has 0 aromatic carbocycles. The molecule has 2 bridgehead atoms. The van der Waals surface area contributed by atoms with Crippen molar-refractivity contribution in [1.82, 2.24) is 0 Å². The van der Waals surface area contributed by atoms with Crippen molar-refractivity contribution < 1.29 is 19.7 Å². The van der Waals surface area contributed by atoms with Gasteiger partial charge in [-0.3, -0.25) is 0 Å². The first kappa shape index (κ1) is 21.8. The molecule has 166 valence electrons. The van der Waals surface area contributed by atoms with Crippen LogP contribution in [-0.4, -0.2) is 34.5 Å². The van der Waals surface area contributed by atoms with Gasteiger partial charge in [-0.1, -0.05) is 45.9 Å². The van der Waals surface area contributed by atoms with E-state index in [1.807, 2.05) is 27.7 Å². The molecule has 2 N–H and O–H groups in total. The molecule has 0 saturated heterocycles. The van der Waals surface area contributed by atoms with Gasteiger partial charge in [-0.15, -0.1) is 0 Å². The Morgan fingerprint density at radius 2 is 1.83 bits per heavy atom. The number of allylic oxidation sites excluding steroid dienone is 1. The third-order valence-electron chi connectivity index (χ3n) is 9.62. The number of rotatable bonds is 2. The van der Waals surface area contributed by atoms with E-state index in [0.29, 0.717) is 17.4 Å². The van der Waals surface area contributed by atoms with Gasteiger partial charge in [-0.2, -0.15) is 0 Å². The van der Waals surface area contributed by atoms with Crippen LogP contribution >= 0.6 is 0 Å². The van der Waals surface area contributed by atoms with Gasteiger partial charge < -0.3 is 14.9 Å². The van der Waals surface area contributed by atoms with Gasteiger partial charge in [0.2, 0.25) is 0 Å². The van der Waals surface area contributed by atoms with E-state index in [9.17, 15) is 15.0 Å². The molecule has 4 unspecified atom stereocenters. The lowest BCUT2D eigenvalue weighted by atomic mass is 9.53. The molecule has 9 atom stereocenters. The van der Waals surface area contributed by atoms with E-state index < -0.39 is 29.1 Å². The SMILES string of the molecule is C/C=C(/C)C(=O)OC1C(C)=C[C@]23C(O)C(C=C(C)[C@@H](O)C12C)[C@H]1[C@@H](C[C@H]3C)C1(C)C. The highest BCUT2D eigenvalue weighted by molar-refractivity contribution is 5.88. The third-order valence-corrected chi connectivity index (χ3v) is 9.62. The topological polar surface area (TPSA) is 66.8 Å². The van der Waals surface area contributed by atoms with Crippen LogP contribution in [0.3, 0.4) is 0 Å². The molecule has 0 aliphatic heterocycles. The first-order valence-electron chi connectivity index (χ1n) is 11.4. The van der Waals surface area contributed by atoms with Crippen molar-refractivity contribution in [3.63, 3.8) is 0 Å². The average Bonchev–Trinajstić information content (AvgIpc) is 3.17. The van der Waals surface area contributed by atoms with Crippen molar-refractivity contribution >= 4 is 5.97 Å². The van der Waals surface area contributed by atoms with Crippen LogP contribution in [0.1, 0.15) is 61.8 Å². The van der Waals surface area contributed by atoms with Crippen LogP contribution in [0.15, 0.2) is 34.9 Å². The van der Waals surface area contributed by atoms with E-state index in [1.54, 1.807) is 13.0 Å². The molecule has 0 aromatic rings. The molecule has 4 aliphatic carbocycles.